The summed E-state index contributed by atoms with van der Waals surface area (Å²) < 4.78 is 0. The molecule has 0 aromatic heterocycles. The number of nitrogens with zero attached hydrogens (tertiary/aromatic N) is 1. The van der Waals surface area contributed by atoms with Gasteiger partial charge in [-0.25, -0.2) is 0 Å². The second-order valence-corrected chi connectivity index (χ2v) is 5.64. The van der Waals surface area contributed by atoms with Crippen LogP contribution in [-0.4, -0.2) is 23.3 Å². The highest BCUT2D eigenvalue weighted by atomic mass is 15.2. The molecule has 0 atom stereocenters. The van der Waals surface area contributed by atoms with Crippen LogP contribution in [0.2, 0.25) is 0 Å². The molecule has 2 heteroatoms. The van der Waals surface area contributed by atoms with Crippen molar-refractivity contribution in [3.05, 3.63) is 0 Å². The van der Waals surface area contributed by atoms with Crippen LogP contribution in [-0.2, 0) is 0 Å². The van der Waals surface area contributed by atoms with Crippen LogP contribution in [0.1, 0.15) is 52.4 Å². The van der Waals surface area contributed by atoms with E-state index in [-0.39, 0.29) is 0 Å². The highest BCUT2D eigenvalue weighted by Gasteiger charge is 2.34. The third kappa shape index (κ3) is 2.73. The molecule has 2 aliphatic rings. The Labute approximate surface area is 93.6 Å². The van der Waals surface area contributed by atoms with Crippen LogP contribution >= 0.6 is 0 Å². The Morgan fingerprint density at radius 1 is 1.20 bits per heavy atom. The number of rotatable bonds is 4. The van der Waals surface area contributed by atoms with Crippen molar-refractivity contribution < 1.29 is 0 Å². The second-order valence-electron chi connectivity index (χ2n) is 5.64. The molecule has 2 rings (SSSR count). The van der Waals surface area contributed by atoms with E-state index in [4.69, 9.17) is 5.41 Å². The van der Waals surface area contributed by atoms with Crippen molar-refractivity contribution in [3.63, 3.8) is 0 Å². The van der Waals surface area contributed by atoms with Crippen LogP contribution in [0.15, 0.2) is 0 Å². The normalized spacial score (nSPS) is 22.3. The van der Waals surface area contributed by atoms with Gasteiger partial charge in [-0.05, 0) is 31.6 Å². The standard InChI is InChI=1S/C13H24N2/c1-10(2)9-15(12-5-3-4-6-12)13(14)11-7-8-11/h10-12,14H,3-9H2,1-2H3. The Morgan fingerprint density at radius 2 is 1.80 bits per heavy atom. The Bertz CT molecular complexity index is 225. The third-order valence-corrected chi connectivity index (χ3v) is 3.60. The Morgan fingerprint density at radius 3 is 2.27 bits per heavy atom. The summed E-state index contributed by atoms with van der Waals surface area (Å²) in [5.41, 5.74) is 0. The van der Waals surface area contributed by atoms with Crippen molar-refractivity contribution >= 4 is 5.84 Å². The van der Waals surface area contributed by atoms with Gasteiger partial charge in [-0.1, -0.05) is 26.7 Å². The highest BCUT2D eigenvalue weighted by Crippen LogP contribution is 2.34. The van der Waals surface area contributed by atoms with Crippen molar-refractivity contribution in [2.75, 3.05) is 6.54 Å². The molecular weight excluding hydrogens is 184 g/mol. The van der Waals surface area contributed by atoms with Gasteiger partial charge in [0.25, 0.3) is 0 Å². The lowest BCUT2D eigenvalue weighted by molar-refractivity contribution is 0.274. The minimum absolute atomic E-state index is 0.615. The van der Waals surface area contributed by atoms with Crippen molar-refractivity contribution in [2.24, 2.45) is 11.8 Å². The Hall–Kier alpha value is -0.530. The molecule has 2 fully saturated rings. The molecule has 2 saturated carbocycles. The van der Waals surface area contributed by atoms with Crippen LogP contribution < -0.4 is 0 Å². The zero-order valence-corrected chi connectivity index (χ0v) is 10.1. The number of hydrogen-bond acceptors (Lipinski definition) is 1. The lowest BCUT2D eigenvalue weighted by Crippen LogP contribution is -2.41. The molecule has 15 heavy (non-hydrogen) atoms. The first-order valence-corrected chi connectivity index (χ1v) is 6.53. The fraction of sp³-hybridized carbons (Fsp3) is 0.923. The molecule has 86 valence electrons. The zero-order valence-electron chi connectivity index (χ0n) is 10.1. The topological polar surface area (TPSA) is 27.1 Å². The molecule has 0 spiro atoms. The van der Waals surface area contributed by atoms with Crippen LogP contribution in [0.4, 0.5) is 0 Å². The van der Waals surface area contributed by atoms with Crippen LogP contribution in [0.3, 0.4) is 0 Å². The van der Waals surface area contributed by atoms with E-state index in [0.717, 1.165) is 12.4 Å². The molecular formula is C13H24N2. The SMILES string of the molecule is CC(C)CN(C(=N)C1CC1)C1CCCC1. The largest absolute Gasteiger partial charge is 0.357 e. The van der Waals surface area contributed by atoms with E-state index in [9.17, 15) is 0 Å². The predicted octanol–water partition coefficient (Wildman–Crippen LogP) is 3.27. The van der Waals surface area contributed by atoms with Crippen molar-refractivity contribution in [3.8, 4) is 0 Å². The lowest BCUT2D eigenvalue weighted by atomic mass is 10.1. The average molecular weight is 208 g/mol. The molecule has 0 aliphatic heterocycles. The molecule has 0 aromatic carbocycles. The van der Waals surface area contributed by atoms with E-state index < -0.39 is 0 Å². The Balaban J connectivity index is 1.97. The zero-order chi connectivity index (χ0) is 10.8. The molecule has 0 amide bonds. The summed E-state index contributed by atoms with van der Waals surface area (Å²) in [6.07, 6.45) is 7.92. The van der Waals surface area contributed by atoms with Gasteiger partial charge in [0.05, 0.1) is 5.84 Å². The summed E-state index contributed by atoms with van der Waals surface area (Å²) in [7, 11) is 0. The third-order valence-electron chi connectivity index (χ3n) is 3.60. The first kappa shape index (κ1) is 11.0. The van der Waals surface area contributed by atoms with E-state index in [1.54, 1.807) is 0 Å². The number of amidine groups is 1. The molecule has 1 N–H and O–H groups in total. The molecule has 0 saturated heterocycles. The lowest BCUT2D eigenvalue weighted by Gasteiger charge is -2.33. The molecule has 0 aromatic rings. The molecule has 0 radical (unpaired) electrons. The van der Waals surface area contributed by atoms with Gasteiger partial charge >= 0.3 is 0 Å². The summed E-state index contributed by atoms with van der Waals surface area (Å²) in [6, 6.07) is 0.695. The van der Waals surface area contributed by atoms with E-state index in [2.05, 4.69) is 18.7 Å². The minimum Gasteiger partial charge on any atom is -0.357 e. The van der Waals surface area contributed by atoms with E-state index >= 15 is 0 Å². The first-order valence-electron chi connectivity index (χ1n) is 6.53. The minimum atomic E-state index is 0.615. The van der Waals surface area contributed by atoms with Crippen LogP contribution in [0.25, 0.3) is 0 Å². The Kier molecular flexibility index (Phi) is 3.32. The number of nitrogens with one attached hydrogen (secondary N) is 1. The molecule has 0 unspecified atom stereocenters. The maximum atomic E-state index is 8.25. The van der Waals surface area contributed by atoms with E-state index in [0.29, 0.717) is 17.9 Å². The van der Waals surface area contributed by atoms with Gasteiger partial charge in [-0.3, -0.25) is 5.41 Å². The maximum Gasteiger partial charge on any atom is 0.0992 e. The first-order chi connectivity index (χ1) is 7.18. The quantitative estimate of drug-likeness (QED) is 0.557. The molecule has 0 heterocycles. The van der Waals surface area contributed by atoms with Crippen molar-refractivity contribution in [1.82, 2.24) is 4.90 Å². The van der Waals surface area contributed by atoms with Gasteiger partial charge in [0.15, 0.2) is 0 Å². The van der Waals surface area contributed by atoms with Crippen molar-refractivity contribution in [1.29, 1.82) is 5.41 Å². The average Bonchev–Trinajstić information content (AvgIpc) is 2.90. The van der Waals surface area contributed by atoms with Gasteiger partial charge in [0.2, 0.25) is 0 Å². The smallest absolute Gasteiger partial charge is 0.0992 e. The van der Waals surface area contributed by atoms with Gasteiger partial charge in [0, 0.05) is 18.5 Å². The van der Waals surface area contributed by atoms with E-state index in [1.165, 1.54) is 38.5 Å². The molecule has 2 nitrogen and oxygen atoms in total. The summed E-state index contributed by atoms with van der Waals surface area (Å²) >= 11 is 0. The number of hydrogen-bond donors (Lipinski definition) is 1. The van der Waals surface area contributed by atoms with Gasteiger partial charge in [0.1, 0.15) is 0 Å². The van der Waals surface area contributed by atoms with Gasteiger partial charge < -0.3 is 4.90 Å². The summed E-state index contributed by atoms with van der Waals surface area (Å²) in [5, 5.41) is 8.25. The highest BCUT2D eigenvalue weighted by molar-refractivity contribution is 5.84. The fourth-order valence-corrected chi connectivity index (χ4v) is 2.64. The summed E-state index contributed by atoms with van der Waals surface area (Å²) in [4.78, 5) is 2.43. The molecule has 0 bridgehead atoms. The predicted molar refractivity (Wildman–Crippen MR) is 64.3 cm³/mol. The summed E-state index contributed by atoms with van der Waals surface area (Å²) in [6.45, 7) is 5.63. The van der Waals surface area contributed by atoms with Gasteiger partial charge in [-0.2, -0.15) is 0 Å². The fourth-order valence-electron chi connectivity index (χ4n) is 2.64. The second kappa shape index (κ2) is 4.54. The summed E-state index contributed by atoms with van der Waals surface area (Å²) in [5.74, 6) is 2.25. The molecule has 2 aliphatic carbocycles. The van der Waals surface area contributed by atoms with Crippen LogP contribution in [0, 0.1) is 17.2 Å². The van der Waals surface area contributed by atoms with Crippen LogP contribution in [0.5, 0.6) is 0 Å². The monoisotopic (exact) mass is 208 g/mol. The van der Waals surface area contributed by atoms with E-state index in [1.807, 2.05) is 0 Å². The van der Waals surface area contributed by atoms with Crippen molar-refractivity contribution in [2.45, 2.75) is 58.4 Å². The van der Waals surface area contributed by atoms with Gasteiger partial charge in [-0.15, -0.1) is 0 Å². The maximum absolute atomic E-state index is 8.25.